The number of hydrogen-bond donors (Lipinski definition) is 0. The topological polar surface area (TPSA) is 34.9 Å². The van der Waals surface area contributed by atoms with Crippen LogP contribution in [0, 0.1) is 0 Å². The second-order valence-electron chi connectivity index (χ2n) is 3.68. The molecule has 0 aliphatic heterocycles. The van der Waals surface area contributed by atoms with Crippen molar-refractivity contribution in [3.05, 3.63) is 47.2 Å². The smallest absolute Gasteiger partial charge is 0.192 e. The molecule has 0 aliphatic carbocycles. The van der Waals surface area contributed by atoms with Crippen molar-refractivity contribution in [2.45, 2.75) is 18.4 Å². The maximum absolute atomic E-state index is 12.1. The standard InChI is InChI=1S/C13H13ClN2OS/c1-2-16-13(11(14)8-15-16)12(17)9-18-10-6-4-3-5-7-10/h3-8H,2,9H2,1H3. The fourth-order valence-corrected chi connectivity index (χ4v) is 2.64. The molecule has 0 saturated heterocycles. The number of benzene rings is 1. The number of aryl methyl sites for hydroxylation is 1. The average Bonchev–Trinajstić information content (AvgIpc) is 2.78. The molecule has 0 spiro atoms. The molecule has 0 N–H and O–H groups in total. The fourth-order valence-electron chi connectivity index (χ4n) is 1.61. The van der Waals surface area contributed by atoms with Gasteiger partial charge in [-0.25, -0.2) is 0 Å². The molecule has 18 heavy (non-hydrogen) atoms. The van der Waals surface area contributed by atoms with Crippen LogP contribution in [0.1, 0.15) is 17.4 Å². The summed E-state index contributed by atoms with van der Waals surface area (Å²) >= 11 is 7.49. The number of hydrogen-bond acceptors (Lipinski definition) is 3. The SMILES string of the molecule is CCn1ncc(Cl)c1C(=O)CSc1ccccc1. The summed E-state index contributed by atoms with van der Waals surface area (Å²) in [6.45, 7) is 2.58. The molecule has 1 aromatic carbocycles. The van der Waals surface area contributed by atoms with E-state index in [4.69, 9.17) is 11.6 Å². The van der Waals surface area contributed by atoms with Crippen LogP contribution in [0.25, 0.3) is 0 Å². The van der Waals surface area contributed by atoms with Crippen LogP contribution in [0.3, 0.4) is 0 Å². The first kappa shape index (κ1) is 13.2. The van der Waals surface area contributed by atoms with Crippen molar-refractivity contribution in [3.8, 4) is 0 Å². The summed E-state index contributed by atoms with van der Waals surface area (Å²) in [5, 5.41) is 4.49. The van der Waals surface area contributed by atoms with Gasteiger partial charge in [0.1, 0.15) is 5.69 Å². The van der Waals surface area contributed by atoms with Crippen molar-refractivity contribution < 1.29 is 4.79 Å². The number of halogens is 1. The van der Waals surface area contributed by atoms with Crippen molar-refractivity contribution in [2.24, 2.45) is 0 Å². The highest BCUT2D eigenvalue weighted by Crippen LogP contribution is 2.21. The minimum absolute atomic E-state index is 0.00760. The highest BCUT2D eigenvalue weighted by atomic mass is 35.5. The summed E-state index contributed by atoms with van der Waals surface area (Å²) in [6.07, 6.45) is 1.52. The van der Waals surface area contributed by atoms with Gasteiger partial charge in [0.25, 0.3) is 0 Å². The number of carbonyl (C=O) groups excluding carboxylic acids is 1. The molecule has 0 fully saturated rings. The lowest BCUT2D eigenvalue weighted by molar-refractivity contribution is 0.101. The van der Waals surface area contributed by atoms with Crippen molar-refractivity contribution in [1.29, 1.82) is 0 Å². The van der Waals surface area contributed by atoms with Crippen molar-refractivity contribution in [1.82, 2.24) is 9.78 Å². The van der Waals surface area contributed by atoms with Gasteiger partial charge in [0.2, 0.25) is 0 Å². The van der Waals surface area contributed by atoms with E-state index in [1.807, 2.05) is 37.3 Å². The number of thioether (sulfide) groups is 1. The Morgan fingerprint density at radius 2 is 2.11 bits per heavy atom. The van der Waals surface area contributed by atoms with Gasteiger partial charge in [-0.1, -0.05) is 29.8 Å². The molecule has 0 aliphatic rings. The van der Waals surface area contributed by atoms with E-state index in [9.17, 15) is 4.79 Å². The van der Waals surface area contributed by atoms with Crippen LogP contribution >= 0.6 is 23.4 Å². The van der Waals surface area contributed by atoms with Gasteiger partial charge in [0.05, 0.1) is 17.0 Å². The Morgan fingerprint density at radius 1 is 1.39 bits per heavy atom. The number of aromatic nitrogens is 2. The number of nitrogens with zero attached hydrogens (tertiary/aromatic N) is 2. The Bertz CT molecular complexity index is 539. The fraction of sp³-hybridized carbons (Fsp3) is 0.231. The summed E-state index contributed by atoms with van der Waals surface area (Å²) in [4.78, 5) is 13.2. The average molecular weight is 281 g/mol. The quantitative estimate of drug-likeness (QED) is 0.621. The number of Topliss-reactive ketones (excluding diaryl/α,β-unsaturated/α-hetero) is 1. The van der Waals surface area contributed by atoms with Crippen molar-refractivity contribution in [2.75, 3.05) is 5.75 Å². The predicted molar refractivity (Wildman–Crippen MR) is 74.4 cm³/mol. The van der Waals surface area contributed by atoms with Crippen LogP contribution in [-0.4, -0.2) is 21.3 Å². The molecule has 1 aromatic heterocycles. The van der Waals surface area contributed by atoms with Crippen molar-refractivity contribution >= 4 is 29.1 Å². The van der Waals surface area contributed by atoms with E-state index in [0.717, 1.165) is 4.90 Å². The van der Waals surface area contributed by atoms with E-state index < -0.39 is 0 Å². The molecule has 0 unspecified atom stereocenters. The van der Waals surface area contributed by atoms with Gasteiger partial charge in [-0.05, 0) is 19.1 Å². The zero-order valence-corrected chi connectivity index (χ0v) is 11.5. The summed E-state index contributed by atoms with van der Waals surface area (Å²) in [7, 11) is 0. The Hall–Kier alpha value is -1.26. The highest BCUT2D eigenvalue weighted by molar-refractivity contribution is 8.00. The molecule has 5 heteroatoms. The minimum Gasteiger partial charge on any atom is -0.291 e. The van der Waals surface area contributed by atoms with Gasteiger partial charge in [0, 0.05) is 11.4 Å². The van der Waals surface area contributed by atoms with E-state index >= 15 is 0 Å². The first-order valence-corrected chi connectivity index (χ1v) is 7.01. The van der Waals surface area contributed by atoms with Crippen LogP contribution in [0.2, 0.25) is 5.02 Å². The summed E-state index contributed by atoms with van der Waals surface area (Å²) in [6, 6.07) is 9.83. The Kier molecular flexibility index (Phi) is 4.44. The lowest BCUT2D eigenvalue weighted by Gasteiger charge is -2.04. The van der Waals surface area contributed by atoms with Gasteiger partial charge >= 0.3 is 0 Å². The Balaban J connectivity index is 2.06. The third-order valence-corrected chi connectivity index (χ3v) is 3.76. The molecule has 2 rings (SSSR count). The molecule has 2 aromatic rings. The van der Waals surface area contributed by atoms with Crippen LogP contribution in [0.5, 0.6) is 0 Å². The van der Waals surface area contributed by atoms with E-state index in [2.05, 4.69) is 5.10 Å². The Morgan fingerprint density at radius 3 is 2.78 bits per heavy atom. The van der Waals surface area contributed by atoms with Crippen LogP contribution < -0.4 is 0 Å². The molecule has 94 valence electrons. The normalized spacial score (nSPS) is 10.6. The van der Waals surface area contributed by atoms with Gasteiger partial charge in [0.15, 0.2) is 5.78 Å². The number of rotatable bonds is 5. The number of carbonyl (C=O) groups is 1. The maximum atomic E-state index is 12.1. The van der Waals surface area contributed by atoms with Gasteiger partial charge in [-0.15, -0.1) is 11.8 Å². The van der Waals surface area contributed by atoms with Gasteiger partial charge in [-0.3, -0.25) is 9.48 Å². The van der Waals surface area contributed by atoms with Crippen LogP contribution in [-0.2, 0) is 6.54 Å². The van der Waals surface area contributed by atoms with Crippen molar-refractivity contribution in [3.63, 3.8) is 0 Å². The molecular weight excluding hydrogens is 268 g/mol. The molecular formula is C13H13ClN2OS. The van der Waals surface area contributed by atoms with E-state index in [0.29, 0.717) is 23.0 Å². The zero-order chi connectivity index (χ0) is 13.0. The molecule has 1 heterocycles. The lowest BCUT2D eigenvalue weighted by atomic mass is 10.3. The molecule has 0 bridgehead atoms. The van der Waals surface area contributed by atoms with E-state index in [-0.39, 0.29) is 5.78 Å². The minimum atomic E-state index is 0.00760. The second kappa shape index (κ2) is 6.07. The predicted octanol–water partition coefficient (Wildman–Crippen LogP) is 3.53. The van der Waals surface area contributed by atoms with Gasteiger partial charge in [-0.2, -0.15) is 5.10 Å². The summed E-state index contributed by atoms with van der Waals surface area (Å²) in [5.41, 5.74) is 0.502. The maximum Gasteiger partial charge on any atom is 0.192 e. The number of ketones is 1. The van der Waals surface area contributed by atoms with Gasteiger partial charge < -0.3 is 0 Å². The Labute approximate surface area is 115 Å². The van der Waals surface area contributed by atoms with E-state index in [1.54, 1.807) is 4.68 Å². The first-order valence-electron chi connectivity index (χ1n) is 5.64. The van der Waals surface area contributed by atoms with Crippen LogP contribution in [0.4, 0.5) is 0 Å². The molecule has 0 saturated carbocycles. The first-order chi connectivity index (χ1) is 8.72. The third-order valence-electron chi connectivity index (χ3n) is 2.47. The molecule has 0 amide bonds. The second-order valence-corrected chi connectivity index (χ2v) is 5.14. The lowest BCUT2D eigenvalue weighted by Crippen LogP contribution is -2.11. The third kappa shape index (κ3) is 2.94. The molecule has 0 radical (unpaired) electrons. The summed E-state index contributed by atoms with van der Waals surface area (Å²) < 4.78 is 1.64. The largest absolute Gasteiger partial charge is 0.291 e. The van der Waals surface area contributed by atoms with Crippen LogP contribution in [0.15, 0.2) is 41.4 Å². The summed E-state index contributed by atoms with van der Waals surface area (Å²) in [5.74, 6) is 0.378. The monoisotopic (exact) mass is 280 g/mol. The molecule has 3 nitrogen and oxygen atoms in total. The highest BCUT2D eigenvalue weighted by Gasteiger charge is 2.16. The zero-order valence-electron chi connectivity index (χ0n) is 9.97. The molecule has 0 atom stereocenters. The van der Waals surface area contributed by atoms with E-state index in [1.165, 1.54) is 18.0 Å².